The summed E-state index contributed by atoms with van der Waals surface area (Å²) in [4.78, 5) is 11.8. The van der Waals surface area contributed by atoms with Gasteiger partial charge in [0, 0.05) is 6.42 Å². The summed E-state index contributed by atoms with van der Waals surface area (Å²) < 4.78 is 5.32. The van der Waals surface area contributed by atoms with Crippen molar-refractivity contribution in [3.8, 4) is 0 Å². The zero-order valence-corrected chi connectivity index (χ0v) is 19.1. The van der Waals surface area contributed by atoms with E-state index in [1.807, 2.05) is 30.3 Å². The van der Waals surface area contributed by atoms with Gasteiger partial charge in [0.25, 0.3) is 0 Å². The minimum Gasteiger partial charge on any atom is -0.461 e. The Hall–Kier alpha value is -1.31. The molecule has 0 spiro atoms. The minimum atomic E-state index is -0.0604. The third-order valence-electron chi connectivity index (χ3n) is 5.73. The van der Waals surface area contributed by atoms with E-state index in [2.05, 4.69) is 6.92 Å². The van der Waals surface area contributed by atoms with E-state index in [0.717, 1.165) is 18.4 Å². The molecule has 166 valence electrons. The Morgan fingerprint density at radius 2 is 1.03 bits per heavy atom. The number of benzene rings is 1. The van der Waals surface area contributed by atoms with Crippen LogP contribution in [0.5, 0.6) is 0 Å². The molecule has 29 heavy (non-hydrogen) atoms. The van der Waals surface area contributed by atoms with Crippen LogP contribution in [0, 0.1) is 0 Å². The first kappa shape index (κ1) is 25.7. The first-order valence-electron chi connectivity index (χ1n) is 12.5. The molecule has 1 aromatic carbocycles. The van der Waals surface area contributed by atoms with Crippen LogP contribution < -0.4 is 0 Å². The highest BCUT2D eigenvalue weighted by atomic mass is 16.5. The van der Waals surface area contributed by atoms with E-state index in [4.69, 9.17) is 4.74 Å². The zero-order valence-electron chi connectivity index (χ0n) is 19.1. The highest BCUT2D eigenvalue weighted by Gasteiger charge is 2.03. The maximum atomic E-state index is 11.8. The van der Waals surface area contributed by atoms with Crippen LogP contribution >= 0.6 is 0 Å². The topological polar surface area (TPSA) is 26.3 Å². The molecule has 0 heterocycles. The molecule has 0 saturated carbocycles. The Bertz CT molecular complexity index is 469. The summed E-state index contributed by atoms with van der Waals surface area (Å²) in [7, 11) is 0. The third-order valence-corrected chi connectivity index (χ3v) is 5.73. The van der Waals surface area contributed by atoms with Crippen LogP contribution in [-0.2, 0) is 16.1 Å². The largest absolute Gasteiger partial charge is 0.461 e. The Morgan fingerprint density at radius 1 is 0.621 bits per heavy atom. The van der Waals surface area contributed by atoms with Gasteiger partial charge in [-0.3, -0.25) is 4.79 Å². The molecule has 0 aliphatic carbocycles. The molecule has 0 aliphatic rings. The number of esters is 1. The number of unbranched alkanes of at least 4 members (excludes halogenated alkanes) is 16. The van der Waals surface area contributed by atoms with E-state index >= 15 is 0 Å². The first-order chi connectivity index (χ1) is 14.3. The summed E-state index contributed by atoms with van der Waals surface area (Å²) >= 11 is 0. The second-order valence-corrected chi connectivity index (χ2v) is 8.55. The van der Waals surface area contributed by atoms with Crippen molar-refractivity contribution in [3.63, 3.8) is 0 Å². The van der Waals surface area contributed by atoms with Crippen LogP contribution in [0.25, 0.3) is 0 Å². The summed E-state index contributed by atoms with van der Waals surface area (Å²) in [6.07, 6.45) is 23.7. The molecule has 0 N–H and O–H groups in total. The molecular weight excluding hydrogens is 356 g/mol. The molecule has 0 unspecified atom stereocenters. The van der Waals surface area contributed by atoms with Gasteiger partial charge in [-0.15, -0.1) is 0 Å². The molecular formula is C27H46O2. The fraction of sp³-hybridized carbons (Fsp3) is 0.741. The predicted octanol–water partition coefficient (Wildman–Crippen LogP) is 8.77. The van der Waals surface area contributed by atoms with Crippen LogP contribution in [0.15, 0.2) is 30.3 Å². The van der Waals surface area contributed by atoms with Crippen molar-refractivity contribution in [1.29, 1.82) is 0 Å². The van der Waals surface area contributed by atoms with Crippen molar-refractivity contribution in [2.24, 2.45) is 0 Å². The summed E-state index contributed by atoms with van der Waals surface area (Å²) in [5.74, 6) is -0.0604. The number of carbonyl (C=O) groups excluding carboxylic acids is 1. The highest BCUT2D eigenvalue weighted by Crippen LogP contribution is 2.14. The van der Waals surface area contributed by atoms with Crippen LogP contribution in [-0.4, -0.2) is 5.97 Å². The minimum absolute atomic E-state index is 0.0604. The summed E-state index contributed by atoms with van der Waals surface area (Å²) in [5.41, 5.74) is 1.06. The lowest BCUT2D eigenvalue weighted by Gasteiger charge is -2.05. The molecule has 0 fully saturated rings. The molecule has 0 radical (unpaired) electrons. The van der Waals surface area contributed by atoms with Gasteiger partial charge < -0.3 is 4.74 Å². The Labute approximate surface area is 180 Å². The van der Waals surface area contributed by atoms with Crippen molar-refractivity contribution in [1.82, 2.24) is 0 Å². The van der Waals surface area contributed by atoms with Crippen molar-refractivity contribution < 1.29 is 9.53 Å². The van der Waals surface area contributed by atoms with E-state index in [-0.39, 0.29) is 5.97 Å². The maximum Gasteiger partial charge on any atom is 0.306 e. The van der Waals surface area contributed by atoms with Crippen molar-refractivity contribution in [2.45, 2.75) is 129 Å². The Morgan fingerprint density at radius 3 is 1.48 bits per heavy atom. The Kier molecular flexibility index (Phi) is 17.7. The molecule has 0 amide bonds. The van der Waals surface area contributed by atoms with Gasteiger partial charge in [-0.2, -0.15) is 0 Å². The van der Waals surface area contributed by atoms with Crippen LogP contribution in [0.1, 0.15) is 128 Å². The molecule has 0 atom stereocenters. The monoisotopic (exact) mass is 402 g/mol. The number of hydrogen-bond acceptors (Lipinski definition) is 2. The van der Waals surface area contributed by atoms with E-state index in [0.29, 0.717) is 13.0 Å². The summed E-state index contributed by atoms with van der Waals surface area (Å²) in [6, 6.07) is 9.90. The normalized spacial score (nSPS) is 10.9. The second kappa shape index (κ2) is 20.0. The maximum absolute atomic E-state index is 11.8. The number of hydrogen-bond donors (Lipinski definition) is 0. The lowest BCUT2D eigenvalue weighted by atomic mass is 10.0. The highest BCUT2D eigenvalue weighted by molar-refractivity contribution is 5.69. The van der Waals surface area contributed by atoms with Crippen molar-refractivity contribution >= 4 is 5.97 Å². The fourth-order valence-electron chi connectivity index (χ4n) is 3.80. The molecule has 0 aromatic heterocycles. The zero-order chi connectivity index (χ0) is 20.8. The van der Waals surface area contributed by atoms with Gasteiger partial charge in [0.15, 0.2) is 0 Å². The lowest BCUT2D eigenvalue weighted by Crippen LogP contribution is -2.04. The van der Waals surface area contributed by atoms with Gasteiger partial charge in [0.1, 0.15) is 6.61 Å². The van der Waals surface area contributed by atoms with Gasteiger partial charge in [-0.1, -0.05) is 140 Å². The van der Waals surface area contributed by atoms with E-state index in [1.165, 1.54) is 96.3 Å². The molecule has 1 rings (SSSR count). The molecule has 2 nitrogen and oxygen atoms in total. The van der Waals surface area contributed by atoms with E-state index in [9.17, 15) is 4.79 Å². The number of ether oxygens (including phenoxy) is 1. The SMILES string of the molecule is CCCCCCCCCCCCCCCCCCCC(=O)OCc1ccccc1. The second-order valence-electron chi connectivity index (χ2n) is 8.55. The van der Waals surface area contributed by atoms with Gasteiger partial charge in [0.05, 0.1) is 0 Å². The predicted molar refractivity (Wildman–Crippen MR) is 125 cm³/mol. The van der Waals surface area contributed by atoms with Gasteiger partial charge >= 0.3 is 5.97 Å². The quantitative estimate of drug-likeness (QED) is 0.161. The lowest BCUT2D eigenvalue weighted by molar-refractivity contribution is -0.145. The van der Waals surface area contributed by atoms with Gasteiger partial charge in [-0.25, -0.2) is 0 Å². The van der Waals surface area contributed by atoms with Gasteiger partial charge in [-0.05, 0) is 12.0 Å². The number of carbonyl (C=O) groups is 1. The van der Waals surface area contributed by atoms with Gasteiger partial charge in [0.2, 0.25) is 0 Å². The number of rotatable bonds is 20. The standard InChI is InChI=1S/C27H46O2/c1-2-3-4-5-6-7-8-9-10-11-12-13-14-15-16-17-21-24-27(28)29-25-26-22-19-18-20-23-26/h18-20,22-23H,2-17,21,24-25H2,1H3. The van der Waals surface area contributed by atoms with Crippen LogP contribution in [0.3, 0.4) is 0 Å². The third kappa shape index (κ3) is 17.3. The molecule has 2 heteroatoms. The van der Waals surface area contributed by atoms with Crippen molar-refractivity contribution in [2.75, 3.05) is 0 Å². The molecule has 0 bridgehead atoms. The van der Waals surface area contributed by atoms with E-state index in [1.54, 1.807) is 0 Å². The van der Waals surface area contributed by atoms with Crippen LogP contribution in [0.4, 0.5) is 0 Å². The smallest absolute Gasteiger partial charge is 0.306 e. The molecule has 1 aromatic rings. The van der Waals surface area contributed by atoms with Crippen molar-refractivity contribution in [3.05, 3.63) is 35.9 Å². The average Bonchev–Trinajstić information content (AvgIpc) is 2.75. The summed E-state index contributed by atoms with van der Waals surface area (Å²) in [6.45, 7) is 2.69. The Balaban J connectivity index is 1.74. The molecule has 0 saturated heterocycles. The summed E-state index contributed by atoms with van der Waals surface area (Å²) in [5, 5.41) is 0. The average molecular weight is 403 g/mol. The fourth-order valence-corrected chi connectivity index (χ4v) is 3.80. The molecule has 0 aliphatic heterocycles. The first-order valence-corrected chi connectivity index (χ1v) is 12.5. The van der Waals surface area contributed by atoms with E-state index < -0.39 is 0 Å². The van der Waals surface area contributed by atoms with Crippen LogP contribution in [0.2, 0.25) is 0 Å².